The van der Waals surface area contributed by atoms with Crippen LogP contribution in [0.25, 0.3) is 11.1 Å². The number of nitrogens with one attached hydrogen (secondary N) is 1. The van der Waals surface area contributed by atoms with Crippen LogP contribution in [0.15, 0.2) is 72.8 Å². The third-order valence-corrected chi connectivity index (χ3v) is 5.09. The summed E-state index contributed by atoms with van der Waals surface area (Å²) in [4.78, 5) is 25.2. The number of urea groups is 1. The van der Waals surface area contributed by atoms with Gasteiger partial charge in [0.1, 0.15) is 5.75 Å². The molecule has 0 aromatic heterocycles. The van der Waals surface area contributed by atoms with E-state index in [1.807, 2.05) is 42.5 Å². The number of aromatic hydroxyl groups is 1. The van der Waals surface area contributed by atoms with E-state index in [1.165, 1.54) is 6.07 Å². The highest BCUT2D eigenvalue weighted by Crippen LogP contribution is 2.30. The zero-order chi connectivity index (χ0) is 21.9. The van der Waals surface area contributed by atoms with E-state index in [0.717, 1.165) is 16.7 Å². The minimum Gasteiger partial charge on any atom is -0.506 e. The van der Waals surface area contributed by atoms with Crippen LogP contribution in [0.3, 0.4) is 0 Å². The SMILES string of the molecule is CC(C)(C)c1ccc(C(=O)N(S)C(=O)Nc2cc(-c3ccccc3)ccc2O)cc1. The summed E-state index contributed by atoms with van der Waals surface area (Å²) in [6.07, 6.45) is 0. The topological polar surface area (TPSA) is 69.6 Å². The van der Waals surface area contributed by atoms with E-state index >= 15 is 0 Å². The Morgan fingerprint density at radius 2 is 1.53 bits per heavy atom. The highest BCUT2D eigenvalue weighted by atomic mass is 32.1. The standard InChI is InChI=1S/C24H24N2O3S/c1-24(2,3)19-12-9-17(10-13-19)22(28)26(30)23(29)25-20-15-18(11-14-21(20)27)16-7-5-4-6-8-16/h4-15,27,30H,1-3H3,(H,25,29). The second-order valence-corrected chi connectivity index (χ2v) is 8.37. The van der Waals surface area contributed by atoms with Crippen LogP contribution < -0.4 is 5.32 Å². The second kappa shape index (κ2) is 8.63. The molecular formula is C24H24N2O3S. The van der Waals surface area contributed by atoms with Crippen LogP contribution in [0, 0.1) is 0 Å². The van der Waals surface area contributed by atoms with Crippen LogP contribution in [-0.4, -0.2) is 21.4 Å². The van der Waals surface area contributed by atoms with E-state index in [1.54, 1.807) is 24.3 Å². The van der Waals surface area contributed by atoms with E-state index in [2.05, 4.69) is 38.9 Å². The monoisotopic (exact) mass is 420 g/mol. The lowest BCUT2D eigenvalue weighted by Gasteiger charge is -2.20. The average Bonchev–Trinajstić information content (AvgIpc) is 2.74. The number of phenols is 1. The summed E-state index contributed by atoms with van der Waals surface area (Å²) in [5.74, 6) is -0.665. The number of benzene rings is 3. The number of rotatable bonds is 3. The molecule has 0 aliphatic carbocycles. The third-order valence-electron chi connectivity index (χ3n) is 4.73. The molecule has 30 heavy (non-hydrogen) atoms. The van der Waals surface area contributed by atoms with Gasteiger partial charge in [-0.1, -0.05) is 82.1 Å². The third kappa shape index (κ3) is 4.83. The van der Waals surface area contributed by atoms with Crippen molar-refractivity contribution >= 4 is 30.4 Å². The first-order valence-electron chi connectivity index (χ1n) is 9.50. The van der Waals surface area contributed by atoms with E-state index in [-0.39, 0.29) is 16.9 Å². The molecule has 0 unspecified atom stereocenters. The second-order valence-electron chi connectivity index (χ2n) is 7.97. The van der Waals surface area contributed by atoms with Gasteiger partial charge in [-0.2, -0.15) is 0 Å². The predicted octanol–water partition coefficient (Wildman–Crippen LogP) is 5.88. The molecule has 0 atom stereocenters. The van der Waals surface area contributed by atoms with Gasteiger partial charge in [0.05, 0.1) is 5.69 Å². The Bertz CT molecular complexity index is 1060. The van der Waals surface area contributed by atoms with Crippen molar-refractivity contribution in [3.05, 3.63) is 83.9 Å². The summed E-state index contributed by atoms with van der Waals surface area (Å²) in [5.41, 5.74) is 3.33. The number of amides is 3. The first kappa shape index (κ1) is 21.5. The number of anilines is 1. The maximum atomic E-state index is 12.6. The molecule has 0 spiro atoms. The van der Waals surface area contributed by atoms with Gasteiger partial charge < -0.3 is 10.4 Å². The minimum atomic E-state index is -0.760. The molecule has 0 fully saturated rings. The van der Waals surface area contributed by atoms with Crippen molar-refractivity contribution in [1.82, 2.24) is 4.31 Å². The molecule has 0 saturated heterocycles. The first-order chi connectivity index (χ1) is 14.2. The minimum absolute atomic E-state index is 0.0408. The number of imide groups is 1. The van der Waals surface area contributed by atoms with Crippen molar-refractivity contribution < 1.29 is 14.7 Å². The molecule has 154 valence electrons. The maximum absolute atomic E-state index is 12.6. The molecule has 0 saturated carbocycles. The average molecular weight is 421 g/mol. The predicted molar refractivity (Wildman–Crippen MR) is 123 cm³/mol. The molecule has 0 aliphatic heterocycles. The summed E-state index contributed by atoms with van der Waals surface area (Å²) < 4.78 is 0.695. The zero-order valence-corrected chi connectivity index (χ0v) is 18.0. The van der Waals surface area contributed by atoms with Gasteiger partial charge in [0.25, 0.3) is 5.91 Å². The quantitative estimate of drug-likeness (QED) is 0.366. The molecule has 3 aromatic rings. The van der Waals surface area contributed by atoms with Crippen LogP contribution in [0.5, 0.6) is 5.75 Å². The fraction of sp³-hybridized carbons (Fsp3) is 0.167. The lowest BCUT2D eigenvalue weighted by atomic mass is 9.87. The lowest BCUT2D eigenvalue weighted by molar-refractivity contribution is 0.0901. The molecule has 0 bridgehead atoms. The Labute approximate surface area is 181 Å². The summed E-state index contributed by atoms with van der Waals surface area (Å²) in [6, 6.07) is 20.8. The van der Waals surface area contributed by atoms with Crippen LogP contribution in [0.2, 0.25) is 0 Å². The number of hydrogen-bond donors (Lipinski definition) is 3. The molecule has 3 aromatic carbocycles. The van der Waals surface area contributed by atoms with E-state index in [9.17, 15) is 14.7 Å². The van der Waals surface area contributed by atoms with E-state index in [0.29, 0.717) is 9.87 Å². The molecule has 2 N–H and O–H groups in total. The summed E-state index contributed by atoms with van der Waals surface area (Å²) in [7, 11) is 0. The summed E-state index contributed by atoms with van der Waals surface area (Å²) in [5, 5.41) is 12.7. The maximum Gasteiger partial charge on any atom is 0.339 e. The molecule has 6 heteroatoms. The molecule has 0 radical (unpaired) electrons. The zero-order valence-electron chi connectivity index (χ0n) is 17.1. The number of carbonyl (C=O) groups is 2. The van der Waals surface area contributed by atoms with Crippen LogP contribution in [0.4, 0.5) is 10.5 Å². The number of hydrogen-bond acceptors (Lipinski definition) is 4. The van der Waals surface area contributed by atoms with E-state index in [4.69, 9.17) is 0 Å². The molecule has 5 nitrogen and oxygen atoms in total. The Hall–Kier alpha value is -3.25. The van der Waals surface area contributed by atoms with Gasteiger partial charge in [0.2, 0.25) is 0 Å². The van der Waals surface area contributed by atoms with Gasteiger partial charge in [-0.3, -0.25) is 4.79 Å². The highest BCUT2D eigenvalue weighted by molar-refractivity contribution is 7.79. The van der Waals surface area contributed by atoms with Gasteiger partial charge >= 0.3 is 6.03 Å². The Balaban J connectivity index is 1.76. The Kier molecular flexibility index (Phi) is 6.17. The van der Waals surface area contributed by atoms with Gasteiger partial charge in [-0.15, -0.1) is 0 Å². The van der Waals surface area contributed by atoms with Crippen molar-refractivity contribution in [2.24, 2.45) is 0 Å². The highest BCUT2D eigenvalue weighted by Gasteiger charge is 2.22. The number of thiol groups is 1. The van der Waals surface area contributed by atoms with Crippen molar-refractivity contribution in [2.45, 2.75) is 26.2 Å². The van der Waals surface area contributed by atoms with Crippen molar-refractivity contribution in [3.8, 4) is 16.9 Å². The van der Waals surface area contributed by atoms with Crippen molar-refractivity contribution in [2.75, 3.05) is 5.32 Å². The van der Waals surface area contributed by atoms with Crippen molar-refractivity contribution in [3.63, 3.8) is 0 Å². The first-order valence-corrected chi connectivity index (χ1v) is 9.90. The lowest BCUT2D eigenvalue weighted by Crippen LogP contribution is -2.32. The van der Waals surface area contributed by atoms with Crippen LogP contribution in [0.1, 0.15) is 36.7 Å². The fourth-order valence-corrected chi connectivity index (χ4v) is 3.11. The molecule has 0 heterocycles. The summed E-state index contributed by atoms with van der Waals surface area (Å²) >= 11 is 4.06. The van der Waals surface area contributed by atoms with Gasteiger partial charge in [-0.25, -0.2) is 9.10 Å². The number of carbonyl (C=O) groups excluding carboxylic acids is 2. The van der Waals surface area contributed by atoms with Gasteiger partial charge in [0, 0.05) is 5.56 Å². The van der Waals surface area contributed by atoms with E-state index < -0.39 is 11.9 Å². The van der Waals surface area contributed by atoms with Crippen molar-refractivity contribution in [1.29, 1.82) is 0 Å². The largest absolute Gasteiger partial charge is 0.506 e. The molecule has 3 rings (SSSR count). The number of nitrogens with zero attached hydrogens (tertiary/aromatic N) is 1. The van der Waals surface area contributed by atoms with Gasteiger partial charge in [0.15, 0.2) is 0 Å². The van der Waals surface area contributed by atoms with Gasteiger partial charge in [-0.05, 0) is 46.4 Å². The Morgan fingerprint density at radius 3 is 2.13 bits per heavy atom. The molecule has 0 aliphatic rings. The normalized spacial score (nSPS) is 11.1. The number of phenolic OH excluding ortho intramolecular Hbond substituents is 1. The fourth-order valence-electron chi connectivity index (χ4n) is 2.94. The Morgan fingerprint density at radius 1 is 0.900 bits per heavy atom. The summed E-state index contributed by atoms with van der Waals surface area (Å²) in [6.45, 7) is 6.24. The molecular weight excluding hydrogens is 396 g/mol. The molecule has 3 amide bonds. The van der Waals surface area contributed by atoms with Crippen LogP contribution >= 0.6 is 12.8 Å². The van der Waals surface area contributed by atoms with Crippen LogP contribution in [-0.2, 0) is 5.41 Å². The smallest absolute Gasteiger partial charge is 0.339 e.